The van der Waals surface area contributed by atoms with Crippen LogP contribution >= 0.6 is 15.9 Å². The smallest absolute Gasteiger partial charge is 0.344 e. The zero-order valence-electron chi connectivity index (χ0n) is 9.89. The molecule has 0 bridgehead atoms. The fourth-order valence-electron chi connectivity index (χ4n) is 2.00. The minimum Gasteiger partial charge on any atom is -0.516 e. The lowest BCUT2D eigenvalue weighted by molar-refractivity contribution is -0.145. The Kier molecular flexibility index (Phi) is 3.90. The first kappa shape index (κ1) is 13.6. The number of aryl methyl sites for hydroxylation is 1. The number of fused-ring (bicyclic) bond motifs is 1. The maximum absolute atomic E-state index is 11.0. The van der Waals surface area contributed by atoms with Crippen molar-refractivity contribution in [2.75, 3.05) is 0 Å². The van der Waals surface area contributed by atoms with E-state index in [1.54, 1.807) is 6.07 Å². The Bertz CT molecular complexity index is 568. The lowest BCUT2D eigenvalue weighted by atomic mass is 9.97. The number of carboxylic acid groups (broad SMARTS) is 1. The van der Waals surface area contributed by atoms with Crippen molar-refractivity contribution >= 4 is 27.6 Å². The molecule has 0 aliphatic carbocycles. The Labute approximate surface area is 118 Å². The highest BCUT2D eigenvalue weighted by Crippen LogP contribution is 2.34. The molecule has 1 aliphatic rings. The van der Waals surface area contributed by atoms with Crippen molar-refractivity contribution in [3.8, 4) is 5.75 Å². The molecule has 19 heavy (non-hydrogen) atoms. The van der Waals surface area contributed by atoms with Crippen LogP contribution in [0.4, 0.5) is 0 Å². The van der Waals surface area contributed by atoms with Crippen LogP contribution in [0.15, 0.2) is 28.9 Å². The number of aliphatic hydroxyl groups excluding tert-OH is 1. The van der Waals surface area contributed by atoms with Crippen molar-refractivity contribution in [1.29, 1.82) is 5.41 Å². The third-order valence-corrected chi connectivity index (χ3v) is 3.33. The molecule has 1 aromatic carbocycles. The molecule has 100 valence electrons. The summed E-state index contributed by atoms with van der Waals surface area (Å²) in [7, 11) is 0. The molecule has 2 rings (SSSR count). The van der Waals surface area contributed by atoms with Gasteiger partial charge in [-0.1, -0.05) is 15.9 Å². The van der Waals surface area contributed by atoms with Crippen LogP contribution in [-0.2, 0) is 11.2 Å². The number of allylic oxidation sites excluding steroid dienone is 1. The zero-order chi connectivity index (χ0) is 14.0. The fraction of sp³-hybridized carbons (Fsp3) is 0.231. The highest BCUT2D eigenvalue weighted by Gasteiger charge is 2.28. The Balaban J connectivity index is 2.47. The predicted octanol–water partition coefficient (Wildman–Crippen LogP) is 2.67. The van der Waals surface area contributed by atoms with E-state index in [1.165, 1.54) is 6.08 Å². The minimum atomic E-state index is -1.01. The molecule has 0 saturated heterocycles. The van der Waals surface area contributed by atoms with E-state index in [0.717, 1.165) is 16.3 Å². The van der Waals surface area contributed by atoms with Gasteiger partial charge in [-0.2, -0.15) is 0 Å². The average Bonchev–Trinajstić information content (AvgIpc) is 2.37. The largest absolute Gasteiger partial charge is 0.516 e. The monoisotopic (exact) mass is 325 g/mol. The summed E-state index contributed by atoms with van der Waals surface area (Å²) in [5.74, 6) is -0.603. The third kappa shape index (κ3) is 2.78. The summed E-state index contributed by atoms with van der Waals surface area (Å²) in [5, 5.41) is 25.6. The molecule has 0 aromatic heterocycles. The molecule has 0 amide bonds. The highest BCUT2D eigenvalue weighted by molar-refractivity contribution is 9.10. The number of carboxylic acids is 1. The predicted molar refractivity (Wildman–Crippen MR) is 73.1 cm³/mol. The van der Waals surface area contributed by atoms with E-state index in [1.807, 2.05) is 6.07 Å². The fourth-order valence-corrected chi connectivity index (χ4v) is 2.51. The number of nitrogens with one attached hydrogen (secondary N) is 1. The summed E-state index contributed by atoms with van der Waals surface area (Å²) in [6, 6.07) is 3.53. The number of benzene rings is 1. The first-order valence-electron chi connectivity index (χ1n) is 5.64. The van der Waals surface area contributed by atoms with Gasteiger partial charge >= 0.3 is 5.97 Å². The van der Waals surface area contributed by atoms with Crippen molar-refractivity contribution < 1.29 is 19.7 Å². The van der Waals surface area contributed by atoms with Crippen LogP contribution in [0.5, 0.6) is 5.75 Å². The van der Waals surface area contributed by atoms with Crippen LogP contribution in [0, 0.1) is 5.41 Å². The first-order valence-corrected chi connectivity index (χ1v) is 6.43. The molecule has 5 nitrogen and oxygen atoms in total. The van der Waals surface area contributed by atoms with E-state index < -0.39 is 12.1 Å². The van der Waals surface area contributed by atoms with Crippen LogP contribution in [0.1, 0.15) is 17.5 Å². The molecule has 1 aliphatic heterocycles. The summed E-state index contributed by atoms with van der Waals surface area (Å²) in [5.41, 5.74) is 1.38. The quantitative estimate of drug-likeness (QED) is 0.588. The van der Waals surface area contributed by atoms with Gasteiger partial charge in [-0.25, -0.2) is 4.79 Å². The molecular formula is C13H12BrNO4. The lowest BCUT2D eigenvalue weighted by Crippen LogP contribution is -2.31. The standard InChI is InChI=1S/C13H12BrNO4/c14-8-5-7-1-2-11(13(17)18)19-12(7)9(6-8)10(15)3-4-16/h3-6,11,15-16H,1-2H2,(H,17,18)/b4-3-,15-10?. The van der Waals surface area contributed by atoms with Gasteiger partial charge in [0.15, 0.2) is 6.10 Å². The van der Waals surface area contributed by atoms with Crippen LogP contribution < -0.4 is 4.74 Å². The van der Waals surface area contributed by atoms with Crippen LogP contribution in [-0.4, -0.2) is 28.0 Å². The van der Waals surface area contributed by atoms with Crippen molar-refractivity contribution in [1.82, 2.24) is 0 Å². The van der Waals surface area contributed by atoms with E-state index in [2.05, 4.69) is 15.9 Å². The number of hydrogen-bond acceptors (Lipinski definition) is 4. The maximum atomic E-state index is 11.0. The Morgan fingerprint density at radius 2 is 2.26 bits per heavy atom. The molecular weight excluding hydrogens is 314 g/mol. The second-order valence-corrected chi connectivity index (χ2v) is 5.07. The van der Waals surface area contributed by atoms with Crippen molar-refractivity contribution in [2.45, 2.75) is 18.9 Å². The van der Waals surface area contributed by atoms with Gasteiger partial charge in [-0.15, -0.1) is 0 Å². The second-order valence-electron chi connectivity index (χ2n) is 4.15. The second kappa shape index (κ2) is 5.44. The summed E-state index contributed by atoms with van der Waals surface area (Å²) >= 11 is 3.35. The maximum Gasteiger partial charge on any atom is 0.344 e. The number of rotatable bonds is 3. The van der Waals surface area contributed by atoms with E-state index in [9.17, 15) is 4.79 Å². The average molecular weight is 326 g/mol. The number of halogens is 1. The van der Waals surface area contributed by atoms with Gasteiger partial charge in [-0.3, -0.25) is 0 Å². The number of hydrogen-bond donors (Lipinski definition) is 3. The Morgan fingerprint density at radius 3 is 2.89 bits per heavy atom. The van der Waals surface area contributed by atoms with E-state index in [0.29, 0.717) is 24.2 Å². The van der Waals surface area contributed by atoms with Gasteiger partial charge in [0.1, 0.15) is 5.75 Å². The first-order chi connectivity index (χ1) is 9.02. The van der Waals surface area contributed by atoms with Crippen LogP contribution in [0.25, 0.3) is 0 Å². The number of ether oxygens (including phenoxy) is 1. The van der Waals surface area contributed by atoms with Gasteiger partial charge < -0.3 is 20.4 Å². The molecule has 6 heteroatoms. The summed E-state index contributed by atoms with van der Waals surface area (Å²) < 4.78 is 6.26. The van der Waals surface area contributed by atoms with E-state index in [-0.39, 0.29) is 5.71 Å². The van der Waals surface area contributed by atoms with Crippen LogP contribution in [0.2, 0.25) is 0 Å². The van der Waals surface area contributed by atoms with Gasteiger partial charge in [0.2, 0.25) is 0 Å². The summed E-state index contributed by atoms with van der Waals surface area (Å²) in [6.07, 6.45) is 2.08. The topological polar surface area (TPSA) is 90.6 Å². The molecule has 0 spiro atoms. The molecule has 1 heterocycles. The molecule has 0 radical (unpaired) electrons. The molecule has 0 saturated carbocycles. The zero-order valence-corrected chi connectivity index (χ0v) is 11.5. The normalized spacial score (nSPS) is 17.8. The van der Waals surface area contributed by atoms with E-state index in [4.69, 9.17) is 20.4 Å². The van der Waals surface area contributed by atoms with Crippen molar-refractivity contribution in [2.24, 2.45) is 0 Å². The van der Waals surface area contributed by atoms with Gasteiger partial charge in [0.25, 0.3) is 0 Å². The third-order valence-electron chi connectivity index (χ3n) is 2.87. The van der Waals surface area contributed by atoms with Gasteiger partial charge in [-0.05, 0) is 36.6 Å². The molecule has 1 unspecified atom stereocenters. The summed E-state index contributed by atoms with van der Waals surface area (Å²) in [6.45, 7) is 0. The van der Waals surface area contributed by atoms with Crippen LogP contribution in [0.3, 0.4) is 0 Å². The highest BCUT2D eigenvalue weighted by atomic mass is 79.9. The molecule has 0 fully saturated rings. The SMILES string of the molecule is N=C(/C=C\O)c1cc(Br)cc2c1OC(C(=O)O)CC2. The lowest BCUT2D eigenvalue weighted by Gasteiger charge is -2.25. The number of aliphatic hydroxyl groups is 1. The molecule has 1 atom stereocenters. The van der Waals surface area contributed by atoms with Gasteiger partial charge in [0.05, 0.1) is 12.0 Å². The van der Waals surface area contributed by atoms with E-state index >= 15 is 0 Å². The molecule has 3 N–H and O–H groups in total. The summed E-state index contributed by atoms with van der Waals surface area (Å²) in [4.78, 5) is 11.0. The minimum absolute atomic E-state index is 0.0612. The number of aliphatic carboxylic acids is 1. The molecule has 1 aromatic rings. The van der Waals surface area contributed by atoms with Gasteiger partial charge in [0, 0.05) is 10.0 Å². The number of carbonyl (C=O) groups is 1. The Morgan fingerprint density at radius 1 is 1.53 bits per heavy atom. The van der Waals surface area contributed by atoms with Crippen molar-refractivity contribution in [3.63, 3.8) is 0 Å². The Hall–Kier alpha value is -1.82. The van der Waals surface area contributed by atoms with Crippen molar-refractivity contribution in [3.05, 3.63) is 40.1 Å².